The van der Waals surface area contributed by atoms with E-state index in [1.54, 1.807) is 48.5 Å². The minimum absolute atomic E-state index is 0.131. The van der Waals surface area contributed by atoms with Crippen molar-refractivity contribution in [2.45, 2.75) is 26.2 Å². The molecule has 16 bridgehead atoms. The fourth-order valence-corrected chi connectivity index (χ4v) is 8.67. The maximum absolute atomic E-state index is 13.6. The molecule has 0 saturated carbocycles. The van der Waals surface area contributed by atoms with Gasteiger partial charge in [0.1, 0.15) is 26.2 Å². The highest BCUT2D eigenvalue weighted by Crippen LogP contribution is 2.21. The molecule has 0 aliphatic carbocycles. The Morgan fingerprint density at radius 2 is 0.545 bits per heavy atom. The largest absolute Gasteiger partial charge is 0.289 e. The van der Waals surface area contributed by atoms with Gasteiger partial charge < -0.3 is 0 Å². The zero-order chi connectivity index (χ0) is 44.7. The van der Waals surface area contributed by atoms with Gasteiger partial charge in [-0.2, -0.15) is 0 Å². The van der Waals surface area contributed by atoms with Crippen LogP contribution in [-0.4, -0.2) is 42.9 Å². The molecule has 8 aromatic carbocycles. The number of carbonyl (C=O) groups is 4. The Morgan fingerprint density at radius 1 is 0.303 bits per heavy atom. The number of ketones is 4. The molecule has 316 valence electrons. The molecule has 10 aliphatic heterocycles. The Hall–Kier alpha value is -8.76. The molecule has 66 heavy (non-hydrogen) atoms. The van der Waals surface area contributed by atoms with E-state index < -0.39 is 0 Å². The smallest absolute Gasteiger partial charge is 0.198 e. The molecule has 2 aromatic heterocycles. The molecule has 0 radical (unpaired) electrons. The molecule has 20 rings (SSSR count). The SMILES string of the molecule is O=C1c2ccc(cc2)Cn2n[n+](c3ccccc32)Cc2ccc(cc2)C(=O)c2ccc(cc2)C(=O)c2ccc(cc2)Cn2n[n+](c3ccccc32)Cc2ccc(cc2)C(=O)c2ccc1cc2. The van der Waals surface area contributed by atoms with Crippen LogP contribution in [0.15, 0.2) is 194 Å². The van der Waals surface area contributed by atoms with E-state index in [2.05, 4.69) is 0 Å². The first-order valence-electron chi connectivity index (χ1n) is 21.8. The second-order valence-electron chi connectivity index (χ2n) is 16.6. The van der Waals surface area contributed by atoms with Crippen LogP contribution in [0.5, 0.6) is 0 Å². The molecule has 0 N–H and O–H groups in total. The highest BCUT2D eigenvalue weighted by molar-refractivity contribution is 6.13. The molecule has 0 spiro atoms. The lowest BCUT2D eigenvalue weighted by atomic mass is 9.97. The lowest BCUT2D eigenvalue weighted by molar-refractivity contribution is -0.724. The van der Waals surface area contributed by atoms with Gasteiger partial charge in [-0.1, -0.05) is 170 Å². The summed E-state index contributed by atoms with van der Waals surface area (Å²) < 4.78 is 7.79. The number of rotatable bonds is 0. The van der Waals surface area contributed by atoms with Crippen molar-refractivity contribution in [3.63, 3.8) is 0 Å². The first-order valence-corrected chi connectivity index (χ1v) is 21.8. The molecule has 10 heteroatoms. The number of benzene rings is 8. The normalized spacial score (nSPS) is 13.3. The van der Waals surface area contributed by atoms with Crippen molar-refractivity contribution in [2.75, 3.05) is 0 Å². The van der Waals surface area contributed by atoms with Crippen LogP contribution in [-0.2, 0) is 26.2 Å². The van der Waals surface area contributed by atoms with E-state index in [0.717, 1.165) is 44.3 Å². The molecule has 0 unspecified atom stereocenters. The number of hydrogen-bond donors (Lipinski definition) is 0. The third-order valence-electron chi connectivity index (χ3n) is 12.3. The predicted molar refractivity (Wildman–Crippen MR) is 249 cm³/mol. The number of fused-ring (bicyclic) bond motifs is 2. The lowest BCUT2D eigenvalue weighted by Crippen LogP contribution is -2.37. The van der Waals surface area contributed by atoms with Gasteiger partial charge in [0.05, 0.1) is 10.4 Å². The molecular weight excluding hydrogens is 821 g/mol. The minimum Gasteiger partial charge on any atom is -0.289 e. The van der Waals surface area contributed by atoms with Crippen molar-refractivity contribution in [1.82, 2.24) is 19.8 Å². The van der Waals surface area contributed by atoms with Crippen molar-refractivity contribution in [1.29, 1.82) is 0 Å². The summed E-state index contributed by atoms with van der Waals surface area (Å²) in [6.45, 7) is 1.96. The van der Waals surface area contributed by atoms with Crippen molar-refractivity contribution >= 4 is 45.2 Å². The van der Waals surface area contributed by atoms with Crippen LogP contribution in [0.4, 0.5) is 0 Å². The van der Waals surface area contributed by atoms with Gasteiger partial charge in [0.25, 0.3) is 0 Å². The summed E-state index contributed by atoms with van der Waals surface area (Å²) in [7, 11) is 0. The van der Waals surface area contributed by atoms with Gasteiger partial charge in [-0.3, -0.25) is 19.2 Å². The molecule has 0 saturated heterocycles. The van der Waals surface area contributed by atoms with E-state index in [9.17, 15) is 19.2 Å². The van der Waals surface area contributed by atoms with E-state index in [1.165, 1.54) is 0 Å². The third kappa shape index (κ3) is 7.70. The van der Waals surface area contributed by atoms with Crippen molar-refractivity contribution < 1.29 is 28.5 Å². The summed E-state index contributed by atoms with van der Waals surface area (Å²) >= 11 is 0. The summed E-state index contributed by atoms with van der Waals surface area (Å²) in [4.78, 5) is 54.4. The zero-order valence-corrected chi connectivity index (χ0v) is 35.6. The number of nitrogens with zero attached hydrogens (tertiary/aromatic N) is 6. The van der Waals surface area contributed by atoms with Crippen LogP contribution in [0, 0.1) is 0 Å². The number of para-hydroxylation sites is 4. The van der Waals surface area contributed by atoms with E-state index in [4.69, 9.17) is 10.4 Å². The number of hydrogen-bond acceptors (Lipinski definition) is 6. The Kier molecular flexibility index (Phi) is 10.2. The lowest BCUT2D eigenvalue weighted by Gasteiger charge is -2.06. The summed E-state index contributed by atoms with van der Waals surface area (Å²) in [5.74, 6) is -0.522. The standard InChI is InChI=1S/C56H40N6O4/c63-53-41-17-9-37(10-18-41)33-59-49-5-1-2-6-50(49)60(57-59)34-38-11-19-42(20-12-38)54(64)46-29-31-48(32-30-46)56(66)44-23-15-40(16-24-44)36-62-52-8-4-3-7-51(52)61(58-62)35-39-13-21-43(22-14-39)55(65)47-27-25-45(53)26-28-47/h1-32H,33-36H2/q+2. The van der Waals surface area contributed by atoms with E-state index in [-0.39, 0.29) is 23.1 Å². The van der Waals surface area contributed by atoms with Crippen molar-refractivity contribution in [2.24, 2.45) is 0 Å². The van der Waals surface area contributed by atoms with Crippen LogP contribution in [0.2, 0.25) is 0 Å². The highest BCUT2D eigenvalue weighted by Gasteiger charge is 2.22. The topological polar surface area (TPSA) is 112 Å². The van der Waals surface area contributed by atoms with Crippen LogP contribution < -0.4 is 9.36 Å². The molecular formula is C56H40N6O4+2. The monoisotopic (exact) mass is 860 g/mol. The Bertz CT molecular complexity index is 3030. The number of aromatic nitrogens is 6. The van der Waals surface area contributed by atoms with Gasteiger partial charge >= 0.3 is 0 Å². The van der Waals surface area contributed by atoms with E-state index >= 15 is 0 Å². The summed E-state index contributed by atoms with van der Waals surface area (Å²) in [5.41, 5.74) is 11.9. The Balaban J connectivity index is 0.907. The van der Waals surface area contributed by atoms with Crippen LogP contribution in [0.1, 0.15) is 85.9 Å². The summed E-state index contributed by atoms with van der Waals surface area (Å²) in [5, 5.41) is 9.91. The number of carbonyl (C=O) groups excluding carboxylic acids is 4. The Labute approximate surface area is 379 Å². The van der Waals surface area contributed by atoms with E-state index in [0.29, 0.717) is 70.7 Å². The first kappa shape index (κ1) is 40.0. The second-order valence-corrected chi connectivity index (χ2v) is 16.6. The Morgan fingerprint density at radius 3 is 0.833 bits per heavy atom. The fourth-order valence-electron chi connectivity index (χ4n) is 8.67. The molecule has 10 aromatic rings. The second kappa shape index (κ2) is 16.7. The van der Waals surface area contributed by atoms with Gasteiger partial charge in [-0.25, -0.2) is 0 Å². The predicted octanol–water partition coefficient (Wildman–Crippen LogP) is 8.39. The third-order valence-corrected chi connectivity index (χ3v) is 12.3. The van der Waals surface area contributed by atoms with Crippen molar-refractivity contribution in [3.05, 3.63) is 261 Å². The fraction of sp³-hybridized carbons (Fsp3) is 0.0714. The minimum atomic E-state index is -0.131. The van der Waals surface area contributed by atoms with Crippen LogP contribution in [0.3, 0.4) is 0 Å². The molecule has 0 atom stereocenters. The summed E-state index contributed by atoms with van der Waals surface area (Å²) in [6.07, 6.45) is 0. The van der Waals surface area contributed by atoms with Crippen LogP contribution in [0.25, 0.3) is 22.1 Å². The molecule has 10 nitrogen and oxygen atoms in total. The quantitative estimate of drug-likeness (QED) is 0.142. The molecule has 12 heterocycles. The maximum Gasteiger partial charge on any atom is 0.198 e. The molecule has 0 amide bonds. The van der Waals surface area contributed by atoms with Gasteiger partial charge in [0, 0.05) is 44.5 Å². The average molecular weight is 861 g/mol. The van der Waals surface area contributed by atoms with Crippen LogP contribution >= 0.6 is 0 Å². The van der Waals surface area contributed by atoms with Gasteiger partial charge in [0.2, 0.25) is 0 Å². The maximum atomic E-state index is 13.6. The van der Waals surface area contributed by atoms with Gasteiger partial charge in [-0.05, 0) is 46.5 Å². The van der Waals surface area contributed by atoms with Crippen molar-refractivity contribution in [3.8, 4) is 0 Å². The first-order chi connectivity index (χ1) is 32.3. The van der Waals surface area contributed by atoms with Gasteiger partial charge in [-0.15, -0.1) is 18.7 Å². The highest BCUT2D eigenvalue weighted by atomic mass is 16.1. The molecule has 0 fully saturated rings. The van der Waals surface area contributed by atoms with Gasteiger partial charge in [0.15, 0.2) is 45.2 Å². The zero-order valence-electron chi connectivity index (χ0n) is 35.6. The average Bonchev–Trinajstić information content (AvgIpc) is 3.89. The molecule has 10 aliphatic rings. The summed E-state index contributed by atoms with van der Waals surface area (Å²) in [6, 6.07) is 59.9. The van der Waals surface area contributed by atoms with E-state index in [1.807, 2.05) is 164 Å².